The standard InChI is InChI=1S/C14H16N2O3/c1-16(14(17)10-15)6-5-11-3-4-12-13(9-11)19-8-2-7-18-12/h3-4,9H,2,5-8H2,1H3. The fourth-order valence-electron chi connectivity index (χ4n) is 1.85. The van der Waals surface area contributed by atoms with E-state index < -0.39 is 5.91 Å². The van der Waals surface area contributed by atoms with E-state index in [0.29, 0.717) is 26.2 Å². The lowest BCUT2D eigenvalue weighted by atomic mass is 10.1. The number of hydrogen-bond donors (Lipinski definition) is 0. The molecule has 1 aliphatic rings. The number of benzene rings is 1. The van der Waals surface area contributed by atoms with Crippen LogP contribution in [0.5, 0.6) is 11.5 Å². The number of ether oxygens (including phenoxy) is 2. The molecule has 2 rings (SSSR count). The maximum atomic E-state index is 11.1. The van der Waals surface area contributed by atoms with Crippen molar-refractivity contribution in [3.05, 3.63) is 23.8 Å². The minimum Gasteiger partial charge on any atom is -0.490 e. The molecule has 0 radical (unpaired) electrons. The van der Waals surface area contributed by atoms with E-state index in [-0.39, 0.29) is 0 Å². The second-order valence-electron chi connectivity index (χ2n) is 4.42. The lowest BCUT2D eigenvalue weighted by molar-refractivity contribution is -0.124. The first-order valence-electron chi connectivity index (χ1n) is 6.24. The van der Waals surface area contributed by atoms with Gasteiger partial charge in [0.15, 0.2) is 17.6 Å². The Hall–Kier alpha value is -2.22. The number of amides is 1. The molecule has 19 heavy (non-hydrogen) atoms. The fraction of sp³-hybridized carbons (Fsp3) is 0.429. The van der Waals surface area contributed by atoms with Gasteiger partial charge in [-0.15, -0.1) is 0 Å². The largest absolute Gasteiger partial charge is 0.490 e. The molecule has 0 N–H and O–H groups in total. The van der Waals surface area contributed by atoms with Crippen LogP contribution < -0.4 is 9.47 Å². The van der Waals surface area contributed by atoms with Crippen molar-refractivity contribution in [3.8, 4) is 17.6 Å². The molecule has 5 heteroatoms. The summed E-state index contributed by atoms with van der Waals surface area (Å²) in [7, 11) is 1.62. The summed E-state index contributed by atoms with van der Waals surface area (Å²) in [6.07, 6.45) is 1.56. The number of nitriles is 1. The predicted octanol–water partition coefficient (Wildman–Crippen LogP) is 1.37. The molecule has 0 aliphatic carbocycles. The van der Waals surface area contributed by atoms with Crippen molar-refractivity contribution in [2.24, 2.45) is 0 Å². The number of carbonyl (C=O) groups is 1. The fourth-order valence-corrected chi connectivity index (χ4v) is 1.85. The van der Waals surface area contributed by atoms with Crippen molar-refractivity contribution in [3.63, 3.8) is 0 Å². The van der Waals surface area contributed by atoms with E-state index in [1.54, 1.807) is 13.1 Å². The molecule has 1 aromatic carbocycles. The Balaban J connectivity index is 2.00. The van der Waals surface area contributed by atoms with Crippen LogP contribution in [0.25, 0.3) is 0 Å². The maximum Gasteiger partial charge on any atom is 0.324 e. The minimum absolute atomic E-state index is 0.506. The summed E-state index contributed by atoms with van der Waals surface area (Å²) < 4.78 is 11.2. The molecule has 0 fully saturated rings. The van der Waals surface area contributed by atoms with Gasteiger partial charge < -0.3 is 14.4 Å². The summed E-state index contributed by atoms with van der Waals surface area (Å²) in [6, 6.07) is 7.38. The van der Waals surface area contributed by atoms with Gasteiger partial charge in [-0.25, -0.2) is 0 Å². The molecule has 100 valence electrons. The number of fused-ring (bicyclic) bond motifs is 1. The summed E-state index contributed by atoms with van der Waals surface area (Å²) in [5.74, 6) is 1.00. The highest BCUT2D eigenvalue weighted by Crippen LogP contribution is 2.30. The zero-order chi connectivity index (χ0) is 13.7. The second kappa shape index (κ2) is 6.10. The van der Waals surface area contributed by atoms with E-state index in [9.17, 15) is 4.79 Å². The number of carbonyl (C=O) groups excluding carboxylic acids is 1. The first kappa shape index (κ1) is 13.2. The van der Waals surface area contributed by atoms with E-state index in [2.05, 4.69) is 0 Å². The minimum atomic E-state index is -0.519. The number of likely N-dealkylation sites (N-methyl/N-ethyl adjacent to an activating group) is 1. The summed E-state index contributed by atoms with van der Waals surface area (Å²) in [5.41, 5.74) is 1.06. The summed E-state index contributed by atoms with van der Waals surface area (Å²) in [6.45, 7) is 1.83. The van der Waals surface area contributed by atoms with E-state index in [1.165, 1.54) is 4.90 Å². The van der Waals surface area contributed by atoms with Crippen LogP contribution in [0.15, 0.2) is 18.2 Å². The number of rotatable bonds is 3. The highest BCUT2D eigenvalue weighted by atomic mass is 16.5. The molecular weight excluding hydrogens is 244 g/mol. The third kappa shape index (κ3) is 3.38. The van der Waals surface area contributed by atoms with Crippen LogP contribution in [0.2, 0.25) is 0 Å². The average molecular weight is 260 g/mol. The summed E-state index contributed by atoms with van der Waals surface area (Å²) in [4.78, 5) is 12.5. The Labute approximate surface area is 112 Å². The van der Waals surface area contributed by atoms with E-state index in [4.69, 9.17) is 14.7 Å². The van der Waals surface area contributed by atoms with Crippen LogP contribution in [-0.4, -0.2) is 37.6 Å². The van der Waals surface area contributed by atoms with E-state index >= 15 is 0 Å². The summed E-state index contributed by atoms with van der Waals surface area (Å²) in [5, 5.41) is 8.51. The third-order valence-corrected chi connectivity index (χ3v) is 2.99. The molecule has 1 aliphatic heterocycles. The molecule has 0 atom stereocenters. The van der Waals surface area contributed by atoms with Gasteiger partial charge in [-0.05, 0) is 24.1 Å². The molecule has 5 nitrogen and oxygen atoms in total. The number of nitrogens with zero attached hydrogens (tertiary/aromatic N) is 2. The van der Waals surface area contributed by atoms with Gasteiger partial charge in [-0.2, -0.15) is 5.26 Å². The van der Waals surface area contributed by atoms with Crippen molar-refractivity contribution >= 4 is 5.91 Å². The van der Waals surface area contributed by atoms with Crippen molar-refractivity contribution in [2.75, 3.05) is 26.8 Å². The molecule has 1 heterocycles. The Morgan fingerprint density at radius 3 is 2.84 bits per heavy atom. The average Bonchev–Trinajstić information content (AvgIpc) is 2.68. The van der Waals surface area contributed by atoms with Crippen LogP contribution in [0.1, 0.15) is 12.0 Å². The van der Waals surface area contributed by atoms with Crippen LogP contribution in [0.4, 0.5) is 0 Å². The second-order valence-corrected chi connectivity index (χ2v) is 4.42. The summed E-state index contributed by atoms with van der Waals surface area (Å²) >= 11 is 0. The molecule has 1 aromatic rings. The molecule has 0 saturated carbocycles. The smallest absolute Gasteiger partial charge is 0.324 e. The molecular formula is C14H16N2O3. The first-order valence-corrected chi connectivity index (χ1v) is 6.24. The van der Waals surface area contributed by atoms with Gasteiger partial charge in [0.2, 0.25) is 0 Å². The molecule has 0 aromatic heterocycles. The van der Waals surface area contributed by atoms with E-state index in [0.717, 1.165) is 23.5 Å². The van der Waals surface area contributed by atoms with Crippen LogP contribution in [-0.2, 0) is 11.2 Å². The molecule has 0 spiro atoms. The van der Waals surface area contributed by atoms with Crippen molar-refractivity contribution < 1.29 is 14.3 Å². The maximum absolute atomic E-state index is 11.1. The van der Waals surface area contributed by atoms with Crippen LogP contribution >= 0.6 is 0 Å². The SMILES string of the molecule is CN(CCc1ccc2c(c1)OCCCO2)C(=O)C#N. The van der Waals surface area contributed by atoms with Gasteiger partial charge in [0.1, 0.15) is 0 Å². The molecule has 0 saturated heterocycles. The Morgan fingerprint density at radius 1 is 1.37 bits per heavy atom. The lowest BCUT2D eigenvalue weighted by Gasteiger charge is -2.14. The highest BCUT2D eigenvalue weighted by molar-refractivity contribution is 5.90. The molecule has 0 bridgehead atoms. The zero-order valence-electron chi connectivity index (χ0n) is 10.9. The van der Waals surface area contributed by atoms with Gasteiger partial charge in [-0.3, -0.25) is 4.79 Å². The quantitative estimate of drug-likeness (QED) is 0.770. The van der Waals surface area contributed by atoms with E-state index in [1.807, 2.05) is 18.2 Å². The Bertz CT molecular complexity index is 508. The van der Waals surface area contributed by atoms with Crippen LogP contribution in [0.3, 0.4) is 0 Å². The molecule has 1 amide bonds. The van der Waals surface area contributed by atoms with Gasteiger partial charge in [0.25, 0.3) is 0 Å². The first-order chi connectivity index (χ1) is 9.20. The van der Waals surface area contributed by atoms with Gasteiger partial charge in [0, 0.05) is 20.0 Å². The van der Waals surface area contributed by atoms with Crippen molar-refractivity contribution in [1.82, 2.24) is 4.90 Å². The van der Waals surface area contributed by atoms with Gasteiger partial charge >= 0.3 is 5.91 Å². The van der Waals surface area contributed by atoms with Crippen LogP contribution in [0, 0.1) is 11.3 Å². The topological polar surface area (TPSA) is 62.6 Å². The van der Waals surface area contributed by atoms with Crippen molar-refractivity contribution in [1.29, 1.82) is 5.26 Å². The highest BCUT2D eigenvalue weighted by Gasteiger charge is 2.12. The monoisotopic (exact) mass is 260 g/mol. The Morgan fingerprint density at radius 2 is 2.11 bits per heavy atom. The molecule has 0 unspecified atom stereocenters. The van der Waals surface area contributed by atoms with Crippen molar-refractivity contribution in [2.45, 2.75) is 12.8 Å². The zero-order valence-corrected chi connectivity index (χ0v) is 10.9. The number of hydrogen-bond acceptors (Lipinski definition) is 4. The normalized spacial score (nSPS) is 13.3. The lowest BCUT2D eigenvalue weighted by Crippen LogP contribution is -2.27. The predicted molar refractivity (Wildman–Crippen MR) is 69.0 cm³/mol. The third-order valence-electron chi connectivity index (χ3n) is 2.99. The Kier molecular flexibility index (Phi) is 4.24. The van der Waals surface area contributed by atoms with Gasteiger partial charge in [0.05, 0.1) is 13.2 Å². The van der Waals surface area contributed by atoms with Gasteiger partial charge in [-0.1, -0.05) is 6.07 Å².